The van der Waals surface area contributed by atoms with Crippen molar-refractivity contribution in [3.63, 3.8) is 0 Å². The molecule has 0 aromatic carbocycles. The Bertz CT molecular complexity index is 309. The summed E-state index contributed by atoms with van der Waals surface area (Å²) in [5, 5.41) is 0. The maximum absolute atomic E-state index is 11.0. The zero-order valence-electron chi connectivity index (χ0n) is 16.5. The van der Waals surface area contributed by atoms with Gasteiger partial charge in [0.1, 0.15) is 5.60 Å². The summed E-state index contributed by atoms with van der Waals surface area (Å²) in [6, 6.07) is 0.618. The summed E-state index contributed by atoms with van der Waals surface area (Å²) in [7, 11) is 0. The van der Waals surface area contributed by atoms with Gasteiger partial charge in [0.15, 0.2) is 0 Å². The van der Waals surface area contributed by atoms with Crippen molar-refractivity contribution in [1.82, 2.24) is 16.3 Å². The summed E-state index contributed by atoms with van der Waals surface area (Å²) in [6.45, 7) is 16.9. The molecule has 8 nitrogen and oxygen atoms in total. The molecule has 0 aliphatic rings. The number of nitrogens with one attached hydrogen (secondary N) is 3. The molecule has 0 saturated heterocycles. The number of carbonyl (C=O) groups is 2. The second-order valence-electron chi connectivity index (χ2n) is 6.17. The molecule has 0 atom stereocenters. The van der Waals surface area contributed by atoms with E-state index in [0.717, 1.165) is 0 Å². The maximum atomic E-state index is 11.0. The van der Waals surface area contributed by atoms with Crippen LogP contribution in [0.2, 0.25) is 0 Å². The minimum Gasteiger partial charge on any atom is -0.466 e. The van der Waals surface area contributed by atoms with E-state index in [0.29, 0.717) is 12.6 Å². The summed E-state index contributed by atoms with van der Waals surface area (Å²) in [5.41, 5.74) is 7.26. The second-order valence-corrected chi connectivity index (χ2v) is 6.17. The van der Waals surface area contributed by atoms with Crippen LogP contribution < -0.4 is 22.1 Å². The van der Waals surface area contributed by atoms with Crippen LogP contribution in [0, 0.1) is 0 Å². The monoisotopic (exact) mass is 388 g/mol. The van der Waals surface area contributed by atoms with Gasteiger partial charge in [-0.05, 0) is 55.4 Å². The number of hydrogen-bond acceptors (Lipinski definition) is 7. The van der Waals surface area contributed by atoms with Crippen molar-refractivity contribution >= 4 is 24.5 Å². The van der Waals surface area contributed by atoms with E-state index in [9.17, 15) is 9.59 Å². The van der Waals surface area contributed by atoms with Gasteiger partial charge in [-0.15, -0.1) is 12.4 Å². The predicted octanol–water partition coefficient (Wildman–Crippen LogP) is 2.91. The Kier molecular flexibility index (Phi) is 29.4. The molecule has 5 N–H and O–H groups in total. The van der Waals surface area contributed by atoms with Crippen LogP contribution in [0.25, 0.3) is 0 Å². The van der Waals surface area contributed by atoms with Gasteiger partial charge in [-0.1, -0.05) is 7.43 Å². The summed E-state index contributed by atoms with van der Waals surface area (Å²) in [4.78, 5) is 20.8. The number of hydrazine groups is 2. The Labute approximate surface area is 160 Å². The average Bonchev–Trinajstić information content (AvgIpc) is 2.35. The molecule has 0 saturated carbocycles. The van der Waals surface area contributed by atoms with E-state index >= 15 is 0 Å². The van der Waals surface area contributed by atoms with Crippen molar-refractivity contribution in [3.8, 4) is 0 Å². The molecular weight excluding hydrogens is 348 g/mol. The lowest BCUT2D eigenvalue weighted by Gasteiger charge is -2.20. The van der Waals surface area contributed by atoms with Gasteiger partial charge < -0.3 is 9.47 Å². The molecule has 156 valence electrons. The van der Waals surface area contributed by atoms with E-state index < -0.39 is 11.7 Å². The van der Waals surface area contributed by atoms with Gasteiger partial charge in [0.25, 0.3) is 0 Å². The highest BCUT2D eigenvalue weighted by atomic mass is 35.5. The lowest BCUT2D eigenvalue weighted by molar-refractivity contribution is -0.140. The fraction of sp³-hybridized carbons (Fsp3) is 0.875. The van der Waals surface area contributed by atoms with Crippen molar-refractivity contribution in [2.75, 3.05) is 6.61 Å². The minimum atomic E-state index is -0.448. The molecule has 1 amide bonds. The van der Waals surface area contributed by atoms with E-state index in [1.165, 1.54) is 6.92 Å². The fourth-order valence-electron chi connectivity index (χ4n) is 0.710. The standard InChI is InChI=1S/C8H18N2O2.C4H8O2.C3H10N2.CH4.ClH/c1-6(2)9-10-7(11)12-8(3,4)5;1-3-6-4(2)5;1-3(2)5-4;;/h6,9H,1-5H3,(H,10,11);3H2,1-2H3;3,5H,4H2,1-2H3;1H4;1H. The first-order valence-electron chi connectivity index (χ1n) is 7.69. The first-order valence-corrected chi connectivity index (χ1v) is 7.69. The molecule has 0 aromatic heterocycles. The minimum absolute atomic E-state index is 0. The topological polar surface area (TPSA) is 115 Å². The van der Waals surface area contributed by atoms with Gasteiger partial charge in [-0.25, -0.2) is 10.2 Å². The quantitative estimate of drug-likeness (QED) is 0.332. The van der Waals surface area contributed by atoms with Gasteiger partial charge in [0.2, 0.25) is 0 Å². The third-order valence-corrected chi connectivity index (χ3v) is 1.54. The largest absolute Gasteiger partial charge is 0.466 e. The predicted molar refractivity (Wildman–Crippen MR) is 106 cm³/mol. The number of hydrogen-bond donors (Lipinski definition) is 4. The van der Waals surface area contributed by atoms with Crippen LogP contribution in [0.3, 0.4) is 0 Å². The third-order valence-electron chi connectivity index (χ3n) is 1.54. The van der Waals surface area contributed by atoms with Crippen molar-refractivity contribution in [3.05, 3.63) is 0 Å². The third kappa shape index (κ3) is 51.8. The van der Waals surface area contributed by atoms with Crippen molar-refractivity contribution < 1.29 is 19.1 Å². The molecule has 0 unspecified atom stereocenters. The van der Waals surface area contributed by atoms with E-state index in [2.05, 4.69) is 21.0 Å². The highest BCUT2D eigenvalue weighted by molar-refractivity contribution is 5.85. The summed E-state index contributed by atoms with van der Waals surface area (Å²) < 4.78 is 9.38. The molecule has 9 heteroatoms. The van der Waals surface area contributed by atoms with Gasteiger partial charge in [0, 0.05) is 19.0 Å². The summed E-state index contributed by atoms with van der Waals surface area (Å²) >= 11 is 0. The van der Waals surface area contributed by atoms with Gasteiger partial charge >= 0.3 is 12.1 Å². The zero-order chi connectivity index (χ0) is 19.1. The number of ether oxygens (including phenoxy) is 2. The van der Waals surface area contributed by atoms with Crippen molar-refractivity contribution in [1.29, 1.82) is 0 Å². The summed E-state index contributed by atoms with van der Waals surface area (Å²) in [5.74, 6) is 4.71. The fourth-order valence-corrected chi connectivity index (χ4v) is 0.710. The van der Waals surface area contributed by atoms with E-state index in [4.69, 9.17) is 10.6 Å². The van der Waals surface area contributed by atoms with Crippen LogP contribution in [0.1, 0.15) is 69.7 Å². The molecule has 0 bridgehead atoms. The SMILES string of the molecule is C.CC(C)NN.CC(C)NNC(=O)OC(C)(C)C.CCOC(C)=O.Cl. The number of esters is 1. The number of amides is 1. The zero-order valence-corrected chi connectivity index (χ0v) is 17.3. The molecule has 0 aromatic rings. The Morgan fingerprint density at radius 1 is 1.08 bits per heavy atom. The highest BCUT2D eigenvalue weighted by Gasteiger charge is 2.15. The lowest BCUT2D eigenvalue weighted by Crippen LogP contribution is -2.44. The normalized spacial score (nSPS) is 9.28. The molecule has 25 heavy (non-hydrogen) atoms. The smallest absolute Gasteiger partial charge is 0.422 e. The molecule has 0 aliphatic carbocycles. The Hall–Kier alpha value is -1.09. The Balaban J connectivity index is -0.0000000873. The molecule has 0 aliphatic heterocycles. The molecule has 0 heterocycles. The molecular formula is C16H41ClN4O4. The molecule has 0 rings (SSSR count). The maximum Gasteiger partial charge on any atom is 0.422 e. The van der Waals surface area contributed by atoms with E-state index in [1.807, 2.05) is 48.5 Å². The van der Waals surface area contributed by atoms with Gasteiger partial charge in [-0.3, -0.25) is 21.5 Å². The molecule has 0 radical (unpaired) electrons. The van der Waals surface area contributed by atoms with E-state index in [1.54, 1.807) is 6.92 Å². The van der Waals surface area contributed by atoms with Crippen LogP contribution in [-0.4, -0.2) is 36.4 Å². The Morgan fingerprint density at radius 3 is 1.64 bits per heavy atom. The highest BCUT2D eigenvalue weighted by Crippen LogP contribution is 2.05. The van der Waals surface area contributed by atoms with Crippen LogP contribution in [0.5, 0.6) is 0 Å². The number of rotatable bonds is 4. The van der Waals surface area contributed by atoms with Crippen LogP contribution >= 0.6 is 12.4 Å². The van der Waals surface area contributed by atoms with Crippen LogP contribution in [-0.2, 0) is 14.3 Å². The van der Waals surface area contributed by atoms with E-state index in [-0.39, 0.29) is 31.8 Å². The molecule has 0 spiro atoms. The molecule has 0 fully saturated rings. The lowest BCUT2D eigenvalue weighted by atomic mass is 10.2. The first kappa shape index (κ1) is 35.1. The van der Waals surface area contributed by atoms with Crippen LogP contribution in [0.4, 0.5) is 4.79 Å². The number of halogens is 1. The number of carbonyl (C=O) groups excluding carboxylic acids is 2. The number of nitrogens with two attached hydrogens (primary N) is 1. The van der Waals surface area contributed by atoms with Crippen molar-refractivity contribution in [2.45, 2.75) is 87.4 Å². The summed E-state index contributed by atoms with van der Waals surface area (Å²) in [6.07, 6.45) is -0.448. The van der Waals surface area contributed by atoms with Gasteiger partial charge in [0.05, 0.1) is 6.61 Å². The van der Waals surface area contributed by atoms with Crippen LogP contribution in [0.15, 0.2) is 0 Å². The first-order chi connectivity index (χ1) is 10.4. The van der Waals surface area contributed by atoms with Crippen molar-refractivity contribution in [2.24, 2.45) is 5.84 Å². The average molecular weight is 389 g/mol. The van der Waals surface area contributed by atoms with Gasteiger partial charge in [-0.2, -0.15) is 0 Å². The Morgan fingerprint density at radius 2 is 1.48 bits per heavy atom. The second kappa shape index (κ2) is 21.0.